The average molecular weight is 187 g/mol. The summed E-state index contributed by atoms with van der Waals surface area (Å²) in [7, 11) is 0. The molecular formula is C10H21NS. The second-order valence-electron chi connectivity index (χ2n) is 3.99. The standard InChI is InChI=1S/C10H21NS/c1-6-12-8-9(2)7-11-10(3,4)5/h11H,2,6-8H2,1,3-5H3. The van der Waals surface area contributed by atoms with Crippen LogP contribution < -0.4 is 5.32 Å². The Hall–Kier alpha value is 0.0500. The summed E-state index contributed by atoms with van der Waals surface area (Å²) >= 11 is 1.93. The van der Waals surface area contributed by atoms with E-state index in [1.807, 2.05) is 11.8 Å². The van der Waals surface area contributed by atoms with Crippen LogP contribution in [0.1, 0.15) is 27.7 Å². The highest BCUT2D eigenvalue weighted by Crippen LogP contribution is 2.06. The van der Waals surface area contributed by atoms with Crippen LogP contribution in [-0.4, -0.2) is 23.6 Å². The van der Waals surface area contributed by atoms with E-state index in [9.17, 15) is 0 Å². The van der Waals surface area contributed by atoms with Crippen LogP contribution in [0.25, 0.3) is 0 Å². The molecule has 0 fully saturated rings. The fourth-order valence-electron chi connectivity index (χ4n) is 0.688. The largest absolute Gasteiger partial charge is 0.308 e. The van der Waals surface area contributed by atoms with E-state index in [0.717, 1.165) is 12.3 Å². The Morgan fingerprint density at radius 2 is 2.00 bits per heavy atom. The fourth-order valence-corrected chi connectivity index (χ4v) is 1.28. The zero-order chi connectivity index (χ0) is 9.61. The molecule has 1 N–H and O–H groups in total. The molecule has 0 aliphatic carbocycles. The Morgan fingerprint density at radius 1 is 1.42 bits per heavy atom. The molecule has 0 aromatic carbocycles. The summed E-state index contributed by atoms with van der Waals surface area (Å²) in [5, 5.41) is 3.42. The van der Waals surface area contributed by atoms with E-state index in [-0.39, 0.29) is 5.54 Å². The zero-order valence-electron chi connectivity index (χ0n) is 8.74. The van der Waals surface area contributed by atoms with Crippen LogP contribution >= 0.6 is 11.8 Å². The molecule has 72 valence electrons. The van der Waals surface area contributed by atoms with Gasteiger partial charge >= 0.3 is 0 Å². The molecule has 0 atom stereocenters. The van der Waals surface area contributed by atoms with E-state index >= 15 is 0 Å². The van der Waals surface area contributed by atoms with E-state index in [2.05, 4.69) is 39.6 Å². The lowest BCUT2D eigenvalue weighted by Gasteiger charge is -2.21. The maximum Gasteiger partial charge on any atom is 0.0175 e. The highest BCUT2D eigenvalue weighted by atomic mass is 32.2. The smallest absolute Gasteiger partial charge is 0.0175 e. The third-order valence-corrected chi connectivity index (χ3v) is 2.40. The summed E-state index contributed by atoms with van der Waals surface area (Å²) < 4.78 is 0. The summed E-state index contributed by atoms with van der Waals surface area (Å²) in [5.41, 5.74) is 1.50. The lowest BCUT2D eigenvalue weighted by molar-refractivity contribution is 0.445. The third-order valence-electron chi connectivity index (χ3n) is 1.38. The van der Waals surface area contributed by atoms with Gasteiger partial charge in [-0.3, -0.25) is 0 Å². The first-order valence-electron chi connectivity index (χ1n) is 4.45. The molecule has 0 amide bonds. The van der Waals surface area contributed by atoms with Crippen molar-refractivity contribution < 1.29 is 0 Å². The first-order chi connectivity index (χ1) is 5.45. The minimum atomic E-state index is 0.208. The molecule has 0 heterocycles. The molecule has 2 heteroatoms. The molecule has 0 radical (unpaired) electrons. The molecular weight excluding hydrogens is 166 g/mol. The molecule has 0 aliphatic heterocycles. The number of hydrogen-bond donors (Lipinski definition) is 1. The molecule has 0 aromatic rings. The van der Waals surface area contributed by atoms with Gasteiger partial charge in [-0.15, -0.1) is 0 Å². The van der Waals surface area contributed by atoms with Crippen LogP contribution in [0.4, 0.5) is 0 Å². The molecule has 0 spiro atoms. The summed E-state index contributed by atoms with van der Waals surface area (Å²) in [6, 6.07) is 0. The van der Waals surface area contributed by atoms with E-state index in [0.29, 0.717) is 0 Å². The van der Waals surface area contributed by atoms with Gasteiger partial charge in [-0.25, -0.2) is 0 Å². The molecule has 0 aromatic heterocycles. The Bertz CT molecular complexity index is 135. The minimum absolute atomic E-state index is 0.208. The van der Waals surface area contributed by atoms with Crippen molar-refractivity contribution in [2.45, 2.75) is 33.2 Å². The molecule has 0 saturated carbocycles. The van der Waals surface area contributed by atoms with Gasteiger partial charge in [-0.2, -0.15) is 11.8 Å². The normalized spacial score (nSPS) is 11.7. The highest BCUT2D eigenvalue weighted by Gasteiger charge is 2.08. The van der Waals surface area contributed by atoms with Gasteiger partial charge in [0.05, 0.1) is 0 Å². The van der Waals surface area contributed by atoms with Crippen LogP contribution in [-0.2, 0) is 0 Å². The summed E-state index contributed by atoms with van der Waals surface area (Å²) in [6.45, 7) is 13.7. The summed E-state index contributed by atoms with van der Waals surface area (Å²) in [6.07, 6.45) is 0. The van der Waals surface area contributed by atoms with Crippen molar-refractivity contribution in [2.24, 2.45) is 0 Å². The molecule has 0 bridgehead atoms. The van der Waals surface area contributed by atoms with E-state index in [1.165, 1.54) is 11.3 Å². The summed E-state index contributed by atoms with van der Waals surface area (Å²) in [4.78, 5) is 0. The van der Waals surface area contributed by atoms with Crippen LogP contribution in [0.2, 0.25) is 0 Å². The van der Waals surface area contributed by atoms with Gasteiger partial charge in [0.25, 0.3) is 0 Å². The molecule has 0 aliphatic rings. The van der Waals surface area contributed by atoms with Gasteiger partial charge in [0.15, 0.2) is 0 Å². The predicted octanol–water partition coefficient (Wildman–Crippen LogP) is 2.68. The minimum Gasteiger partial charge on any atom is -0.308 e. The van der Waals surface area contributed by atoms with Crippen molar-refractivity contribution >= 4 is 11.8 Å². The van der Waals surface area contributed by atoms with Gasteiger partial charge in [-0.05, 0) is 26.5 Å². The Labute approximate surface area is 81.0 Å². The van der Waals surface area contributed by atoms with Gasteiger partial charge in [-0.1, -0.05) is 19.1 Å². The van der Waals surface area contributed by atoms with E-state index < -0.39 is 0 Å². The van der Waals surface area contributed by atoms with Crippen LogP contribution in [0, 0.1) is 0 Å². The zero-order valence-corrected chi connectivity index (χ0v) is 9.55. The third kappa shape index (κ3) is 8.15. The quantitative estimate of drug-likeness (QED) is 0.664. The predicted molar refractivity (Wildman–Crippen MR) is 59.9 cm³/mol. The Balaban J connectivity index is 3.44. The van der Waals surface area contributed by atoms with Gasteiger partial charge in [0, 0.05) is 17.8 Å². The second-order valence-corrected chi connectivity index (χ2v) is 5.26. The number of thioether (sulfide) groups is 1. The molecule has 12 heavy (non-hydrogen) atoms. The van der Waals surface area contributed by atoms with Crippen molar-refractivity contribution in [2.75, 3.05) is 18.1 Å². The van der Waals surface area contributed by atoms with Crippen molar-refractivity contribution in [3.05, 3.63) is 12.2 Å². The second kappa shape index (κ2) is 5.65. The van der Waals surface area contributed by atoms with Gasteiger partial charge < -0.3 is 5.32 Å². The maximum atomic E-state index is 4.01. The first kappa shape index (κ1) is 12.0. The molecule has 1 nitrogen and oxygen atoms in total. The van der Waals surface area contributed by atoms with Crippen molar-refractivity contribution in [1.82, 2.24) is 5.32 Å². The Morgan fingerprint density at radius 3 is 2.42 bits per heavy atom. The van der Waals surface area contributed by atoms with Crippen molar-refractivity contribution in [3.63, 3.8) is 0 Å². The number of hydrogen-bond acceptors (Lipinski definition) is 2. The lowest BCUT2D eigenvalue weighted by atomic mass is 10.1. The SMILES string of the molecule is C=C(CNC(C)(C)C)CSCC. The molecule has 0 unspecified atom stereocenters. The van der Waals surface area contributed by atoms with E-state index in [4.69, 9.17) is 0 Å². The van der Waals surface area contributed by atoms with Crippen LogP contribution in [0.15, 0.2) is 12.2 Å². The van der Waals surface area contributed by atoms with E-state index in [1.54, 1.807) is 0 Å². The van der Waals surface area contributed by atoms with Gasteiger partial charge in [0.1, 0.15) is 0 Å². The summed E-state index contributed by atoms with van der Waals surface area (Å²) in [5.74, 6) is 2.26. The topological polar surface area (TPSA) is 12.0 Å². The van der Waals surface area contributed by atoms with Crippen molar-refractivity contribution in [1.29, 1.82) is 0 Å². The molecule has 0 rings (SSSR count). The monoisotopic (exact) mass is 187 g/mol. The fraction of sp³-hybridized carbons (Fsp3) is 0.800. The average Bonchev–Trinajstić information content (AvgIpc) is 1.95. The van der Waals surface area contributed by atoms with Crippen molar-refractivity contribution in [3.8, 4) is 0 Å². The van der Waals surface area contributed by atoms with Crippen LogP contribution in [0.5, 0.6) is 0 Å². The molecule has 0 saturated heterocycles. The Kier molecular flexibility index (Phi) is 5.68. The van der Waals surface area contributed by atoms with Gasteiger partial charge in [0.2, 0.25) is 0 Å². The van der Waals surface area contributed by atoms with Crippen LogP contribution in [0.3, 0.4) is 0 Å². The highest BCUT2D eigenvalue weighted by molar-refractivity contribution is 7.99. The number of rotatable bonds is 5. The maximum absolute atomic E-state index is 4.01. The first-order valence-corrected chi connectivity index (χ1v) is 5.60. The number of nitrogens with one attached hydrogen (secondary N) is 1. The lowest BCUT2D eigenvalue weighted by Crippen LogP contribution is -2.37.